The first-order chi connectivity index (χ1) is 17.9. The van der Waals surface area contributed by atoms with Gasteiger partial charge < -0.3 is 15.0 Å². The summed E-state index contributed by atoms with van der Waals surface area (Å²) in [6, 6.07) is 18.6. The smallest absolute Gasteiger partial charge is 0.332 e. The van der Waals surface area contributed by atoms with Crippen molar-refractivity contribution in [1.29, 1.82) is 0 Å². The molecular weight excluding hydrogens is 473 g/mol. The number of hydrogen-bond donors (Lipinski definition) is 1. The molecule has 0 aliphatic carbocycles. The van der Waals surface area contributed by atoms with Gasteiger partial charge >= 0.3 is 6.03 Å². The van der Waals surface area contributed by atoms with Crippen molar-refractivity contribution < 1.29 is 23.5 Å². The highest BCUT2D eigenvalue weighted by molar-refractivity contribution is 6.22. The van der Waals surface area contributed by atoms with E-state index in [1.165, 1.54) is 17.0 Å². The Morgan fingerprint density at radius 1 is 0.973 bits per heavy atom. The van der Waals surface area contributed by atoms with Crippen LogP contribution >= 0.6 is 0 Å². The highest BCUT2D eigenvalue weighted by Gasteiger charge is 2.46. The Hall–Kier alpha value is -4.20. The third kappa shape index (κ3) is 6.33. The van der Waals surface area contributed by atoms with Crippen LogP contribution in [0.15, 0.2) is 72.8 Å². The number of halogens is 1. The van der Waals surface area contributed by atoms with Gasteiger partial charge in [-0.1, -0.05) is 36.8 Å². The summed E-state index contributed by atoms with van der Waals surface area (Å²) in [7, 11) is 0. The van der Waals surface area contributed by atoms with E-state index >= 15 is 0 Å². The van der Waals surface area contributed by atoms with E-state index in [0.717, 1.165) is 22.4 Å². The van der Waals surface area contributed by atoms with Crippen LogP contribution < -0.4 is 15.0 Å². The van der Waals surface area contributed by atoms with Gasteiger partial charge in [0.1, 0.15) is 17.6 Å². The fourth-order valence-electron chi connectivity index (χ4n) is 4.16. The molecule has 1 heterocycles. The second kappa shape index (κ2) is 11.7. The predicted molar refractivity (Wildman–Crippen MR) is 140 cm³/mol. The summed E-state index contributed by atoms with van der Waals surface area (Å²) in [6.45, 7) is 4.75. The quantitative estimate of drug-likeness (QED) is 0.379. The number of aryl methyl sites for hydroxylation is 1. The monoisotopic (exact) mass is 503 g/mol. The number of nitrogens with one attached hydrogen (secondary N) is 1. The maximum absolute atomic E-state index is 13.4. The average molecular weight is 504 g/mol. The fraction of sp³-hybridized carbons (Fsp3) is 0.276. The van der Waals surface area contributed by atoms with E-state index in [0.29, 0.717) is 30.2 Å². The van der Waals surface area contributed by atoms with Crippen LogP contribution in [0.3, 0.4) is 0 Å². The van der Waals surface area contributed by atoms with E-state index in [1.807, 2.05) is 26.0 Å². The highest BCUT2D eigenvalue weighted by atomic mass is 19.1. The molecule has 0 saturated carbocycles. The van der Waals surface area contributed by atoms with Crippen molar-refractivity contribution in [2.24, 2.45) is 0 Å². The van der Waals surface area contributed by atoms with Crippen LogP contribution in [0, 0.1) is 12.7 Å². The second-order valence-electron chi connectivity index (χ2n) is 9.00. The number of benzene rings is 3. The molecule has 3 aromatic rings. The van der Waals surface area contributed by atoms with Gasteiger partial charge in [-0.05, 0) is 73.9 Å². The van der Waals surface area contributed by atoms with Crippen LogP contribution in [0.4, 0.5) is 20.6 Å². The fourth-order valence-corrected chi connectivity index (χ4v) is 4.16. The summed E-state index contributed by atoms with van der Waals surface area (Å²) in [4.78, 5) is 42.3. The summed E-state index contributed by atoms with van der Waals surface area (Å²) >= 11 is 0. The molecule has 1 aliphatic heterocycles. The summed E-state index contributed by atoms with van der Waals surface area (Å²) in [5, 5.41) is 2.81. The molecule has 1 atom stereocenters. The summed E-state index contributed by atoms with van der Waals surface area (Å²) in [5.41, 5.74) is 2.85. The Morgan fingerprint density at radius 3 is 2.30 bits per heavy atom. The SMILES string of the molecule is CCCOc1ccc(NC(=O)C[C@H]2C(=O)N(c3ccc(C)cc3)C(=O)N2CCc2ccc(F)cc2)cc1. The zero-order chi connectivity index (χ0) is 26.4. The van der Waals surface area contributed by atoms with Crippen molar-refractivity contribution in [1.82, 2.24) is 4.90 Å². The van der Waals surface area contributed by atoms with Crippen molar-refractivity contribution in [2.45, 2.75) is 39.2 Å². The van der Waals surface area contributed by atoms with E-state index in [9.17, 15) is 18.8 Å². The number of hydrogen-bond acceptors (Lipinski definition) is 4. The van der Waals surface area contributed by atoms with Gasteiger partial charge in [0.15, 0.2) is 0 Å². The molecule has 0 unspecified atom stereocenters. The number of urea groups is 1. The lowest BCUT2D eigenvalue weighted by Crippen LogP contribution is -2.39. The zero-order valence-corrected chi connectivity index (χ0v) is 20.9. The molecule has 7 nitrogen and oxygen atoms in total. The number of ether oxygens (including phenoxy) is 1. The Labute approximate surface area is 215 Å². The minimum atomic E-state index is -0.957. The lowest BCUT2D eigenvalue weighted by atomic mass is 10.1. The summed E-state index contributed by atoms with van der Waals surface area (Å²) < 4.78 is 18.9. The normalized spacial score (nSPS) is 15.3. The molecule has 0 radical (unpaired) electrons. The zero-order valence-electron chi connectivity index (χ0n) is 20.9. The van der Waals surface area contributed by atoms with Gasteiger partial charge in [-0.3, -0.25) is 9.59 Å². The van der Waals surface area contributed by atoms with Gasteiger partial charge in [0.25, 0.3) is 5.91 Å². The number of carbonyl (C=O) groups is 3. The van der Waals surface area contributed by atoms with Gasteiger partial charge in [-0.25, -0.2) is 14.1 Å². The number of anilines is 2. The number of rotatable bonds is 10. The van der Waals surface area contributed by atoms with E-state index in [1.54, 1.807) is 48.5 Å². The first-order valence-electron chi connectivity index (χ1n) is 12.3. The molecule has 1 N–H and O–H groups in total. The topological polar surface area (TPSA) is 79.0 Å². The maximum Gasteiger partial charge on any atom is 0.332 e. The van der Waals surface area contributed by atoms with Crippen molar-refractivity contribution in [3.05, 3.63) is 89.7 Å². The van der Waals surface area contributed by atoms with Crippen LogP contribution in [0.5, 0.6) is 5.75 Å². The van der Waals surface area contributed by atoms with Crippen LogP contribution in [0.1, 0.15) is 30.9 Å². The molecule has 0 spiro atoms. The third-order valence-corrected chi connectivity index (χ3v) is 6.16. The minimum absolute atomic E-state index is 0.190. The molecule has 4 rings (SSSR count). The second-order valence-corrected chi connectivity index (χ2v) is 9.00. The molecule has 1 aliphatic rings. The molecule has 8 heteroatoms. The average Bonchev–Trinajstić information content (AvgIpc) is 3.12. The van der Waals surface area contributed by atoms with Gasteiger partial charge in [0.2, 0.25) is 5.91 Å². The molecule has 1 saturated heterocycles. The van der Waals surface area contributed by atoms with Crippen LogP contribution in [-0.2, 0) is 16.0 Å². The van der Waals surface area contributed by atoms with E-state index in [2.05, 4.69) is 5.32 Å². The van der Waals surface area contributed by atoms with E-state index in [4.69, 9.17) is 4.74 Å². The Balaban J connectivity index is 1.50. The number of imide groups is 1. The molecular formula is C29H30FN3O4. The van der Waals surface area contributed by atoms with Crippen molar-refractivity contribution in [2.75, 3.05) is 23.4 Å². The molecule has 37 heavy (non-hydrogen) atoms. The lowest BCUT2D eigenvalue weighted by molar-refractivity contribution is -0.124. The third-order valence-electron chi connectivity index (χ3n) is 6.16. The predicted octanol–water partition coefficient (Wildman–Crippen LogP) is 5.33. The molecule has 3 aromatic carbocycles. The van der Waals surface area contributed by atoms with Crippen LogP contribution in [0.25, 0.3) is 0 Å². The van der Waals surface area contributed by atoms with Gasteiger partial charge in [-0.2, -0.15) is 0 Å². The first-order valence-corrected chi connectivity index (χ1v) is 12.3. The van der Waals surface area contributed by atoms with Crippen molar-refractivity contribution in [3.63, 3.8) is 0 Å². The Morgan fingerprint density at radius 2 is 1.65 bits per heavy atom. The highest BCUT2D eigenvalue weighted by Crippen LogP contribution is 2.28. The van der Waals surface area contributed by atoms with Crippen molar-refractivity contribution in [3.8, 4) is 5.75 Å². The van der Waals surface area contributed by atoms with E-state index < -0.39 is 18.0 Å². The maximum atomic E-state index is 13.4. The summed E-state index contributed by atoms with van der Waals surface area (Å²) in [6.07, 6.45) is 1.12. The lowest BCUT2D eigenvalue weighted by Gasteiger charge is -2.21. The Bertz CT molecular complexity index is 1240. The number of carbonyl (C=O) groups excluding carboxylic acids is 3. The summed E-state index contributed by atoms with van der Waals surface area (Å²) in [5.74, 6) is -0.476. The number of nitrogens with zero attached hydrogens (tertiary/aromatic N) is 2. The van der Waals surface area contributed by atoms with Gasteiger partial charge in [0, 0.05) is 12.2 Å². The standard InChI is InChI=1S/C29H30FN3O4/c1-3-18-37-25-14-10-23(11-15-25)31-27(34)19-26-28(35)33(24-12-4-20(2)5-13-24)29(36)32(26)17-16-21-6-8-22(30)9-7-21/h4-15,26H,3,16-19H2,1-2H3,(H,31,34)/t26-/m0/s1. The minimum Gasteiger partial charge on any atom is -0.494 e. The molecule has 0 aromatic heterocycles. The molecule has 192 valence electrons. The van der Waals surface area contributed by atoms with Crippen LogP contribution in [0.2, 0.25) is 0 Å². The van der Waals surface area contributed by atoms with Gasteiger partial charge in [-0.15, -0.1) is 0 Å². The molecule has 0 bridgehead atoms. The van der Waals surface area contributed by atoms with Crippen LogP contribution in [-0.4, -0.2) is 41.9 Å². The Kier molecular flexibility index (Phi) is 8.18. The molecule has 1 fully saturated rings. The van der Waals surface area contributed by atoms with E-state index in [-0.39, 0.29) is 24.7 Å². The first kappa shape index (κ1) is 25.9. The van der Waals surface area contributed by atoms with Crippen molar-refractivity contribution >= 4 is 29.2 Å². The number of amides is 4. The largest absolute Gasteiger partial charge is 0.494 e. The van der Waals surface area contributed by atoms with Gasteiger partial charge in [0.05, 0.1) is 18.7 Å². The molecule has 4 amide bonds.